The van der Waals surface area contributed by atoms with E-state index < -0.39 is 5.97 Å². The lowest BCUT2D eigenvalue weighted by molar-refractivity contribution is -0.143. The Bertz CT molecular complexity index is 547. The molecule has 1 fully saturated rings. The van der Waals surface area contributed by atoms with Crippen molar-refractivity contribution in [1.29, 1.82) is 0 Å². The first-order valence-electron chi connectivity index (χ1n) is 6.07. The molecule has 0 spiro atoms. The minimum Gasteiger partial charge on any atom is -0.480 e. The zero-order valence-electron chi connectivity index (χ0n) is 10.7. The zero-order chi connectivity index (χ0) is 14.5. The van der Waals surface area contributed by atoms with Crippen molar-refractivity contribution in [1.82, 2.24) is 19.7 Å². The van der Waals surface area contributed by atoms with Gasteiger partial charge in [0, 0.05) is 6.04 Å². The maximum Gasteiger partial charge on any atom is 0.323 e. The van der Waals surface area contributed by atoms with Gasteiger partial charge in [0.05, 0.1) is 12.3 Å². The third-order valence-corrected chi connectivity index (χ3v) is 3.71. The van der Waals surface area contributed by atoms with Crippen molar-refractivity contribution in [3.63, 3.8) is 0 Å². The normalized spacial score (nSPS) is 13.8. The Kier molecular flexibility index (Phi) is 4.63. The summed E-state index contributed by atoms with van der Waals surface area (Å²) in [7, 11) is 0. The lowest BCUT2D eigenvalue weighted by Gasteiger charge is -2.17. The van der Waals surface area contributed by atoms with Crippen molar-refractivity contribution >= 4 is 23.6 Å². The molecule has 106 valence electrons. The summed E-state index contributed by atoms with van der Waals surface area (Å²) in [6, 6.07) is 0.434. The van der Waals surface area contributed by atoms with E-state index in [0.29, 0.717) is 11.2 Å². The Morgan fingerprint density at radius 2 is 2.35 bits per heavy atom. The van der Waals surface area contributed by atoms with Gasteiger partial charge in [-0.05, 0) is 12.8 Å². The smallest absolute Gasteiger partial charge is 0.323 e. The number of carbonyl (C=O) groups excluding carboxylic acids is 1. The van der Waals surface area contributed by atoms with Crippen LogP contribution in [0, 0.1) is 12.3 Å². The Balaban J connectivity index is 1.91. The molecule has 1 amide bonds. The van der Waals surface area contributed by atoms with Crippen molar-refractivity contribution < 1.29 is 14.7 Å². The van der Waals surface area contributed by atoms with Gasteiger partial charge in [-0.1, -0.05) is 17.7 Å². The summed E-state index contributed by atoms with van der Waals surface area (Å²) in [5.74, 6) is 0.981. The summed E-state index contributed by atoms with van der Waals surface area (Å²) in [6.07, 6.45) is 8.99. The molecule has 1 aliphatic carbocycles. The molecule has 0 atom stereocenters. The van der Waals surface area contributed by atoms with E-state index in [1.165, 1.54) is 11.8 Å². The molecule has 1 saturated carbocycles. The summed E-state index contributed by atoms with van der Waals surface area (Å²) >= 11 is 1.25. The minimum absolute atomic E-state index is 0.0129. The van der Waals surface area contributed by atoms with Crippen LogP contribution in [0.4, 0.5) is 0 Å². The van der Waals surface area contributed by atoms with Crippen molar-refractivity contribution in [2.24, 2.45) is 0 Å². The quantitative estimate of drug-likeness (QED) is 0.573. The number of amides is 1. The largest absolute Gasteiger partial charge is 0.480 e. The number of carboxylic acid groups (broad SMARTS) is 1. The van der Waals surface area contributed by atoms with E-state index >= 15 is 0 Å². The first-order chi connectivity index (χ1) is 9.61. The van der Waals surface area contributed by atoms with E-state index in [4.69, 9.17) is 11.5 Å². The number of nitrogens with zero attached hydrogens (tertiary/aromatic N) is 4. The molecular weight excluding hydrogens is 280 g/mol. The number of carbonyl (C=O) groups is 2. The average Bonchev–Trinajstić information content (AvgIpc) is 3.14. The molecule has 0 radical (unpaired) electrons. The van der Waals surface area contributed by atoms with Crippen LogP contribution >= 0.6 is 11.8 Å². The third kappa shape index (κ3) is 3.74. The standard InChI is InChI=1S/C12H14N4O3S/c1-2-5-15(6-11(18)19)10(17)7-20-12-14-13-8-16(12)9-3-4-9/h1,8-9H,3-7H2,(H,18,19). The van der Waals surface area contributed by atoms with E-state index in [0.717, 1.165) is 17.7 Å². The van der Waals surface area contributed by atoms with Crippen LogP contribution in [0.5, 0.6) is 0 Å². The highest BCUT2D eigenvalue weighted by Crippen LogP contribution is 2.37. The van der Waals surface area contributed by atoms with E-state index in [2.05, 4.69) is 16.1 Å². The van der Waals surface area contributed by atoms with Gasteiger partial charge in [0.2, 0.25) is 5.91 Å². The molecule has 0 aromatic carbocycles. The van der Waals surface area contributed by atoms with Crippen molar-refractivity contribution in [2.75, 3.05) is 18.8 Å². The highest BCUT2D eigenvalue weighted by atomic mass is 32.2. The Morgan fingerprint density at radius 3 is 2.95 bits per heavy atom. The highest BCUT2D eigenvalue weighted by Gasteiger charge is 2.26. The number of aliphatic carboxylic acids is 1. The molecule has 8 heteroatoms. The third-order valence-electron chi connectivity index (χ3n) is 2.77. The van der Waals surface area contributed by atoms with Gasteiger partial charge < -0.3 is 14.6 Å². The van der Waals surface area contributed by atoms with Crippen LogP contribution < -0.4 is 0 Å². The molecule has 2 rings (SSSR count). The molecule has 1 aromatic rings. The second kappa shape index (κ2) is 6.43. The molecule has 1 heterocycles. The number of aromatic nitrogens is 3. The van der Waals surface area contributed by atoms with Gasteiger partial charge in [-0.2, -0.15) is 0 Å². The van der Waals surface area contributed by atoms with E-state index in [1.54, 1.807) is 6.33 Å². The first kappa shape index (κ1) is 14.4. The Morgan fingerprint density at radius 1 is 1.60 bits per heavy atom. The van der Waals surface area contributed by atoms with Crippen molar-refractivity contribution in [3.8, 4) is 12.3 Å². The van der Waals surface area contributed by atoms with Crippen LogP contribution in [0.1, 0.15) is 18.9 Å². The van der Waals surface area contributed by atoms with E-state index in [-0.39, 0.29) is 24.7 Å². The first-order valence-corrected chi connectivity index (χ1v) is 7.05. The maximum absolute atomic E-state index is 11.9. The van der Waals surface area contributed by atoms with Crippen LogP contribution in [-0.4, -0.2) is 55.5 Å². The van der Waals surface area contributed by atoms with Crippen LogP contribution in [0.2, 0.25) is 0 Å². The molecule has 1 N–H and O–H groups in total. The molecule has 7 nitrogen and oxygen atoms in total. The van der Waals surface area contributed by atoms with Crippen molar-refractivity contribution in [3.05, 3.63) is 6.33 Å². The average molecular weight is 294 g/mol. The fraction of sp³-hybridized carbons (Fsp3) is 0.500. The second-order valence-electron chi connectivity index (χ2n) is 4.39. The van der Waals surface area contributed by atoms with Gasteiger partial charge in [-0.15, -0.1) is 16.6 Å². The van der Waals surface area contributed by atoms with Gasteiger partial charge in [0.1, 0.15) is 12.9 Å². The van der Waals surface area contributed by atoms with Gasteiger partial charge in [0.25, 0.3) is 0 Å². The topological polar surface area (TPSA) is 88.3 Å². The molecule has 0 unspecified atom stereocenters. The van der Waals surface area contributed by atoms with Crippen LogP contribution in [-0.2, 0) is 9.59 Å². The number of terminal acetylenes is 1. The lowest BCUT2D eigenvalue weighted by atomic mass is 10.4. The molecule has 0 aliphatic heterocycles. The maximum atomic E-state index is 11.9. The number of hydrogen-bond acceptors (Lipinski definition) is 5. The van der Waals surface area contributed by atoms with Gasteiger partial charge in [0.15, 0.2) is 5.16 Å². The van der Waals surface area contributed by atoms with Crippen LogP contribution in [0.15, 0.2) is 11.5 Å². The van der Waals surface area contributed by atoms with Gasteiger partial charge in [-0.25, -0.2) is 0 Å². The summed E-state index contributed by atoms with van der Waals surface area (Å²) in [6.45, 7) is -0.403. The fourth-order valence-corrected chi connectivity index (χ4v) is 2.55. The van der Waals surface area contributed by atoms with Crippen LogP contribution in [0.25, 0.3) is 0 Å². The van der Waals surface area contributed by atoms with Gasteiger partial charge in [-0.3, -0.25) is 9.59 Å². The SMILES string of the molecule is C#CCN(CC(=O)O)C(=O)CSc1nncn1C1CC1. The number of carboxylic acids is 1. The zero-order valence-corrected chi connectivity index (χ0v) is 11.5. The molecule has 1 aromatic heterocycles. The monoisotopic (exact) mass is 294 g/mol. The van der Waals surface area contributed by atoms with Crippen LogP contribution in [0.3, 0.4) is 0 Å². The number of thioether (sulfide) groups is 1. The fourth-order valence-electron chi connectivity index (χ4n) is 1.66. The molecular formula is C12H14N4O3S. The lowest BCUT2D eigenvalue weighted by Crippen LogP contribution is -2.37. The second-order valence-corrected chi connectivity index (χ2v) is 5.33. The van der Waals surface area contributed by atoms with Gasteiger partial charge >= 0.3 is 5.97 Å². The molecule has 0 saturated heterocycles. The highest BCUT2D eigenvalue weighted by molar-refractivity contribution is 7.99. The minimum atomic E-state index is -1.08. The summed E-state index contributed by atoms with van der Waals surface area (Å²) < 4.78 is 1.95. The van der Waals surface area contributed by atoms with Crippen molar-refractivity contribution in [2.45, 2.75) is 24.0 Å². The molecule has 20 heavy (non-hydrogen) atoms. The predicted molar refractivity (Wildman–Crippen MR) is 72.1 cm³/mol. The predicted octanol–water partition coefficient (Wildman–Crippen LogP) is 0.251. The van der Waals surface area contributed by atoms with E-state index in [1.807, 2.05) is 4.57 Å². The summed E-state index contributed by atoms with van der Waals surface area (Å²) in [4.78, 5) is 23.8. The number of rotatable bonds is 7. The molecule has 1 aliphatic rings. The van der Waals surface area contributed by atoms with E-state index in [9.17, 15) is 9.59 Å². The summed E-state index contributed by atoms with van der Waals surface area (Å²) in [5, 5.41) is 17.2. The Hall–Kier alpha value is -2.01. The molecule has 0 bridgehead atoms. The summed E-state index contributed by atoms with van der Waals surface area (Å²) in [5.41, 5.74) is 0. The number of hydrogen-bond donors (Lipinski definition) is 1. The Labute approximate surface area is 120 Å².